The highest BCUT2D eigenvalue weighted by Crippen LogP contribution is 2.33. The first-order valence-electron chi connectivity index (χ1n) is 8.87. The van der Waals surface area contributed by atoms with Gasteiger partial charge in [-0.1, -0.05) is 54.6 Å². The molecule has 2 aromatic carbocycles. The molecule has 120 valence electrons. The van der Waals surface area contributed by atoms with Crippen LogP contribution in [0.3, 0.4) is 0 Å². The molecule has 0 spiro atoms. The van der Waals surface area contributed by atoms with Gasteiger partial charge in [0.15, 0.2) is 0 Å². The molecule has 0 aliphatic carbocycles. The van der Waals surface area contributed by atoms with E-state index in [4.69, 9.17) is 4.74 Å². The van der Waals surface area contributed by atoms with Crippen LogP contribution in [0.5, 0.6) is 0 Å². The summed E-state index contributed by atoms with van der Waals surface area (Å²) in [6.07, 6.45) is 4.18. The van der Waals surface area contributed by atoms with Crippen LogP contribution in [0.15, 0.2) is 54.6 Å². The van der Waals surface area contributed by atoms with Crippen LogP contribution in [0.2, 0.25) is 0 Å². The third kappa shape index (κ3) is 3.34. The lowest BCUT2D eigenvalue weighted by Crippen LogP contribution is -2.40. The van der Waals surface area contributed by atoms with Gasteiger partial charge in [0.2, 0.25) is 0 Å². The lowest BCUT2D eigenvalue weighted by Gasteiger charge is -2.37. The average Bonchev–Trinajstić information content (AvgIpc) is 2.63. The van der Waals surface area contributed by atoms with E-state index >= 15 is 0 Å². The third-order valence-electron chi connectivity index (χ3n) is 5.20. The zero-order valence-corrected chi connectivity index (χ0v) is 13.7. The smallest absolute Gasteiger partial charge is 0.0702 e. The molecule has 2 heterocycles. The SMILES string of the molecule is c1ccc([C@@H]2CN(C[C@@H]3CCCCO3)Cc3ccccc32)cc1. The molecule has 2 aliphatic rings. The zero-order valence-electron chi connectivity index (χ0n) is 13.7. The van der Waals surface area contributed by atoms with Crippen LogP contribution in [0.25, 0.3) is 0 Å². The molecule has 0 aromatic heterocycles. The molecule has 4 rings (SSSR count). The van der Waals surface area contributed by atoms with E-state index in [1.165, 1.54) is 36.0 Å². The Kier molecular flexibility index (Phi) is 4.45. The van der Waals surface area contributed by atoms with Gasteiger partial charge in [0.1, 0.15) is 0 Å². The van der Waals surface area contributed by atoms with Crippen molar-refractivity contribution in [2.75, 3.05) is 19.7 Å². The number of rotatable bonds is 3. The first-order chi connectivity index (χ1) is 11.4. The van der Waals surface area contributed by atoms with E-state index in [1.54, 1.807) is 0 Å². The van der Waals surface area contributed by atoms with Crippen molar-refractivity contribution in [3.8, 4) is 0 Å². The maximum absolute atomic E-state index is 5.97. The average molecular weight is 307 g/mol. The monoisotopic (exact) mass is 307 g/mol. The van der Waals surface area contributed by atoms with E-state index in [2.05, 4.69) is 59.5 Å². The van der Waals surface area contributed by atoms with Crippen LogP contribution in [-0.2, 0) is 11.3 Å². The molecular formula is C21H25NO. The van der Waals surface area contributed by atoms with Gasteiger partial charge in [0, 0.05) is 32.2 Å². The van der Waals surface area contributed by atoms with Gasteiger partial charge in [-0.3, -0.25) is 4.90 Å². The first kappa shape index (κ1) is 14.9. The molecular weight excluding hydrogens is 282 g/mol. The highest BCUT2D eigenvalue weighted by molar-refractivity contribution is 5.40. The number of hydrogen-bond donors (Lipinski definition) is 0. The molecule has 0 saturated carbocycles. The van der Waals surface area contributed by atoms with Crippen LogP contribution in [-0.4, -0.2) is 30.7 Å². The normalized spacial score (nSPS) is 25.0. The second-order valence-corrected chi connectivity index (χ2v) is 6.84. The standard InChI is InChI=1S/C21H25NO/c1-2-8-17(9-3-1)21-16-22(15-19-11-6-7-13-23-19)14-18-10-4-5-12-20(18)21/h1-5,8-10,12,19,21H,6-7,11,13-16H2/t19-,21-/m0/s1. The van der Waals surface area contributed by atoms with Gasteiger partial charge >= 0.3 is 0 Å². The largest absolute Gasteiger partial charge is 0.377 e. The Hall–Kier alpha value is -1.64. The Morgan fingerprint density at radius 2 is 1.78 bits per heavy atom. The molecule has 2 nitrogen and oxygen atoms in total. The zero-order chi connectivity index (χ0) is 15.5. The summed E-state index contributed by atoms with van der Waals surface area (Å²) in [4.78, 5) is 2.59. The molecule has 1 saturated heterocycles. The Morgan fingerprint density at radius 1 is 0.957 bits per heavy atom. The molecule has 0 bridgehead atoms. The third-order valence-corrected chi connectivity index (χ3v) is 5.20. The summed E-state index contributed by atoms with van der Waals surface area (Å²) in [5.74, 6) is 0.477. The maximum atomic E-state index is 5.97. The summed E-state index contributed by atoms with van der Waals surface area (Å²) in [6.45, 7) is 4.16. The minimum Gasteiger partial charge on any atom is -0.377 e. The van der Waals surface area contributed by atoms with Crippen LogP contribution in [0, 0.1) is 0 Å². The van der Waals surface area contributed by atoms with Crippen LogP contribution >= 0.6 is 0 Å². The molecule has 2 aromatic rings. The molecule has 2 aliphatic heterocycles. The van der Waals surface area contributed by atoms with E-state index in [1.807, 2.05) is 0 Å². The minimum atomic E-state index is 0.422. The highest BCUT2D eigenvalue weighted by atomic mass is 16.5. The molecule has 0 amide bonds. The number of ether oxygens (including phenoxy) is 1. The van der Waals surface area contributed by atoms with Gasteiger partial charge in [0.05, 0.1) is 6.10 Å². The Bertz CT molecular complexity index is 633. The number of fused-ring (bicyclic) bond motifs is 1. The van der Waals surface area contributed by atoms with Crippen molar-refractivity contribution in [2.45, 2.75) is 37.8 Å². The van der Waals surface area contributed by atoms with Crippen molar-refractivity contribution in [1.29, 1.82) is 0 Å². The molecule has 0 radical (unpaired) electrons. The lowest BCUT2D eigenvalue weighted by atomic mass is 9.84. The quantitative estimate of drug-likeness (QED) is 0.842. The fourth-order valence-electron chi connectivity index (χ4n) is 4.03. The van der Waals surface area contributed by atoms with E-state index in [0.717, 1.165) is 26.2 Å². The lowest BCUT2D eigenvalue weighted by molar-refractivity contribution is -0.00889. The molecule has 2 atom stereocenters. The Labute approximate surface area is 139 Å². The van der Waals surface area contributed by atoms with Crippen molar-refractivity contribution in [3.05, 3.63) is 71.3 Å². The van der Waals surface area contributed by atoms with Crippen LogP contribution in [0.1, 0.15) is 41.9 Å². The summed E-state index contributed by atoms with van der Waals surface area (Å²) in [5.41, 5.74) is 4.40. The van der Waals surface area contributed by atoms with Crippen molar-refractivity contribution in [1.82, 2.24) is 4.90 Å². The first-order valence-corrected chi connectivity index (χ1v) is 8.87. The molecule has 23 heavy (non-hydrogen) atoms. The van der Waals surface area contributed by atoms with Crippen molar-refractivity contribution in [2.24, 2.45) is 0 Å². The number of hydrogen-bond acceptors (Lipinski definition) is 2. The number of benzene rings is 2. The second-order valence-electron chi connectivity index (χ2n) is 6.84. The van der Waals surface area contributed by atoms with Crippen molar-refractivity contribution >= 4 is 0 Å². The Balaban J connectivity index is 1.58. The highest BCUT2D eigenvalue weighted by Gasteiger charge is 2.28. The Morgan fingerprint density at radius 3 is 2.61 bits per heavy atom. The van der Waals surface area contributed by atoms with Crippen LogP contribution in [0.4, 0.5) is 0 Å². The van der Waals surface area contributed by atoms with Gasteiger partial charge in [-0.15, -0.1) is 0 Å². The fraction of sp³-hybridized carbons (Fsp3) is 0.429. The van der Waals surface area contributed by atoms with E-state index in [9.17, 15) is 0 Å². The summed E-state index contributed by atoms with van der Waals surface area (Å²) in [5, 5.41) is 0. The summed E-state index contributed by atoms with van der Waals surface area (Å²) in [6, 6.07) is 19.9. The summed E-state index contributed by atoms with van der Waals surface area (Å²) >= 11 is 0. The second kappa shape index (κ2) is 6.86. The van der Waals surface area contributed by atoms with Gasteiger partial charge in [-0.05, 0) is 36.0 Å². The molecule has 0 unspecified atom stereocenters. The van der Waals surface area contributed by atoms with Crippen LogP contribution < -0.4 is 0 Å². The van der Waals surface area contributed by atoms with Crippen molar-refractivity contribution < 1.29 is 4.74 Å². The van der Waals surface area contributed by atoms with Crippen molar-refractivity contribution in [3.63, 3.8) is 0 Å². The fourth-order valence-corrected chi connectivity index (χ4v) is 4.03. The van der Waals surface area contributed by atoms with E-state index in [0.29, 0.717) is 12.0 Å². The summed E-state index contributed by atoms with van der Waals surface area (Å²) in [7, 11) is 0. The number of nitrogens with zero attached hydrogens (tertiary/aromatic N) is 1. The summed E-state index contributed by atoms with van der Waals surface area (Å²) < 4.78 is 5.97. The molecule has 2 heteroatoms. The van der Waals surface area contributed by atoms with Gasteiger partial charge < -0.3 is 4.74 Å². The van der Waals surface area contributed by atoms with E-state index < -0.39 is 0 Å². The molecule has 0 N–H and O–H groups in total. The molecule has 1 fully saturated rings. The topological polar surface area (TPSA) is 12.5 Å². The van der Waals surface area contributed by atoms with Gasteiger partial charge in [-0.2, -0.15) is 0 Å². The van der Waals surface area contributed by atoms with Gasteiger partial charge in [0.25, 0.3) is 0 Å². The minimum absolute atomic E-state index is 0.422. The van der Waals surface area contributed by atoms with Gasteiger partial charge in [-0.25, -0.2) is 0 Å². The van der Waals surface area contributed by atoms with E-state index in [-0.39, 0.29) is 0 Å². The predicted octanol–water partition coefficient (Wildman–Crippen LogP) is 4.20. The maximum Gasteiger partial charge on any atom is 0.0702 e. The predicted molar refractivity (Wildman–Crippen MR) is 93.6 cm³/mol.